The Labute approximate surface area is 215 Å². The first-order valence-corrected chi connectivity index (χ1v) is 11.9. The molecule has 1 aliphatic rings. The van der Waals surface area contributed by atoms with E-state index in [4.69, 9.17) is 11.6 Å². The first-order chi connectivity index (χ1) is 17.9. The largest absolute Gasteiger partial charge is 0.353 e. The molecule has 4 aromatic rings. The topological polar surface area (TPSA) is 99.2 Å². The molecule has 0 aliphatic carbocycles. The maximum atomic E-state index is 15.4. The van der Waals surface area contributed by atoms with Crippen LogP contribution in [0.5, 0.6) is 0 Å². The van der Waals surface area contributed by atoms with Crippen molar-refractivity contribution in [1.82, 2.24) is 15.3 Å². The molecule has 2 amide bonds. The minimum absolute atomic E-state index is 0.112. The van der Waals surface area contributed by atoms with Crippen LogP contribution in [0.15, 0.2) is 60.8 Å². The molecule has 0 saturated carbocycles. The third-order valence-corrected chi connectivity index (χ3v) is 6.20. The van der Waals surface area contributed by atoms with Gasteiger partial charge in [-0.2, -0.15) is 0 Å². The second-order valence-corrected chi connectivity index (χ2v) is 8.78. The number of anilines is 3. The van der Waals surface area contributed by atoms with Gasteiger partial charge < -0.3 is 20.9 Å². The summed E-state index contributed by atoms with van der Waals surface area (Å²) in [4.78, 5) is 36.8. The fourth-order valence-electron chi connectivity index (χ4n) is 4.04. The van der Waals surface area contributed by atoms with Crippen molar-refractivity contribution in [1.29, 1.82) is 0 Å². The van der Waals surface area contributed by atoms with E-state index in [-0.39, 0.29) is 22.0 Å². The Hall–Kier alpha value is -4.15. The quantitative estimate of drug-likeness (QED) is 0.324. The molecule has 0 spiro atoms. The number of amides is 2. The summed E-state index contributed by atoms with van der Waals surface area (Å²) in [6, 6.07) is 11.7. The van der Waals surface area contributed by atoms with Gasteiger partial charge in [-0.15, -0.1) is 0 Å². The Bertz CT molecular complexity index is 1510. The molecular formula is C26H21ClF2N6O2. The molecule has 11 heteroatoms. The van der Waals surface area contributed by atoms with E-state index in [9.17, 15) is 14.0 Å². The van der Waals surface area contributed by atoms with Gasteiger partial charge in [0.2, 0.25) is 0 Å². The van der Waals surface area contributed by atoms with Gasteiger partial charge in [0.25, 0.3) is 0 Å². The van der Waals surface area contributed by atoms with Crippen LogP contribution >= 0.6 is 11.6 Å². The average molecular weight is 523 g/mol. The third-order valence-electron chi connectivity index (χ3n) is 5.88. The van der Waals surface area contributed by atoms with E-state index in [2.05, 4.69) is 30.8 Å². The number of carbonyl (C=O) groups excluding carboxylic acids is 2. The molecule has 1 aliphatic heterocycles. The maximum Gasteiger partial charge on any atom is 0.323 e. The molecule has 5 rings (SSSR count). The maximum absolute atomic E-state index is 15.4. The first kappa shape index (κ1) is 24.5. The van der Waals surface area contributed by atoms with Crippen LogP contribution in [0, 0.1) is 11.6 Å². The van der Waals surface area contributed by atoms with E-state index in [1.807, 2.05) is 0 Å². The fraction of sp³-hybridized carbons (Fsp3) is 0.154. The number of piperazine rings is 1. The van der Waals surface area contributed by atoms with Crippen LogP contribution in [0.3, 0.4) is 0 Å². The van der Waals surface area contributed by atoms with E-state index in [0.717, 1.165) is 32.2 Å². The molecule has 188 valence electrons. The van der Waals surface area contributed by atoms with Crippen molar-refractivity contribution < 1.29 is 18.4 Å². The zero-order valence-electron chi connectivity index (χ0n) is 19.4. The van der Waals surface area contributed by atoms with Gasteiger partial charge in [0.15, 0.2) is 11.6 Å². The van der Waals surface area contributed by atoms with E-state index in [1.165, 1.54) is 36.4 Å². The highest BCUT2D eigenvalue weighted by molar-refractivity contribution is 6.35. The summed E-state index contributed by atoms with van der Waals surface area (Å²) in [5, 5.41) is 7.91. The van der Waals surface area contributed by atoms with E-state index < -0.39 is 29.0 Å². The lowest BCUT2D eigenvalue weighted by atomic mass is 10.0. The van der Waals surface area contributed by atoms with Gasteiger partial charge in [0, 0.05) is 37.4 Å². The highest BCUT2D eigenvalue weighted by Crippen LogP contribution is 2.29. The lowest BCUT2D eigenvalue weighted by molar-refractivity contribution is 0.103. The van der Waals surface area contributed by atoms with Crippen LogP contribution in [0.1, 0.15) is 15.9 Å². The lowest BCUT2D eigenvalue weighted by Gasteiger charge is -2.28. The molecule has 1 saturated heterocycles. The van der Waals surface area contributed by atoms with Crippen molar-refractivity contribution in [2.45, 2.75) is 0 Å². The number of aromatic nitrogens is 2. The molecule has 1 fully saturated rings. The summed E-state index contributed by atoms with van der Waals surface area (Å²) in [7, 11) is 0. The second kappa shape index (κ2) is 10.5. The van der Waals surface area contributed by atoms with Crippen LogP contribution in [-0.2, 0) is 0 Å². The standard InChI is InChI=1S/C26H21ClF2N6O2/c27-18-5-7-20(34-26(37)32-17-3-1-2-16(28)13-17)24(29)23(18)25(36)15-4-6-19-21(12-15)33-22(14-31-19)35-10-8-30-9-11-35/h1-7,12-14,30H,8-11H2,(H2,32,34,37). The SMILES string of the molecule is O=C(Nc1cccc(F)c1)Nc1ccc(Cl)c(C(=O)c2ccc3ncc(N4CCNCC4)nc3c2)c1F. The second-order valence-electron chi connectivity index (χ2n) is 8.37. The number of fused-ring (bicyclic) bond motifs is 1. The third kappa shape index (κ3) is 5.35. The molecule has 3 N–H and O–H groups in total. The summed E-state index contributed by atoms with van der Waals surface area (Å²) in [5.41, 5.74) is 0.773. The fourth-order valence-corrected chi connectivity index (χ4v) is 4.27. The zero-order chi connectivity index (χ0) is 25.9. The number of ketones is 1. The summed E-state index contributed by atoms with van der Waals surface area (Å²) >= 11 is 6.20. The smallest absolute Gasteiger partial charge is 0.323 e. The molecule has 3 aromatic carbocycles. The van der Waals surface area contributed by atoms with Gasteiger partial charge in [0.05, 0.1) is 33.5 Å². The number of urea groups is 1. The average Bonchev–Trinajstić information content (AvgIpc) is 2.90. The summed E-state index contributed by atoms with van der Waals surface area (Å²) in [6.07, 6.45) is 1.69. The van der Waals surface area contributed by atoms with Crippen molar-refractivity contribution in [2.75, 3.05) is 41.7 Å². The molecular weight excluding hydrogens is 502 g/mol. The predicted molar refractivity (Wildman–Crippen MR) is 139 cm³/mol. The molecule has 1 aromatic heterocycles. The predicted octanol–water partition coefficient (Wildman–Crippen LogP) is 4.85. The Balaban J connectivity index is 1.41. The molecule has 0 bridgehead atoms. The van der Waals surface area contributed by atoms with Gasteiger partial charge in [-0.3, -0.25) is 9.78 Å². The van der Waals surface area contributed by atoms with Crippen LogP contribution in [0.4, 0.5) is 30.8 Å². The van der Waals surface area contributed by atoms with Crippen molar-refractivity contribution in [3.8, 4) is 0 Å². The number of rotatable bonds is 5. The van der Waals surface area contributed by atoms with E-state index in [0.29, 0.717) is 16.9 Å². The highest BCUT2D eigenvalue weighted by atomic mass is 35.5. The van der Waals surface area contributed by atoms with Crippen LogP contribution < -0.4 is 20.9 Å². The lowest BCUT2D eigenvalue weighted by Crippen LogP contribution is -2.43. The first-order valence-electron chi connectivity index (χ1n) is 11.5. The highest BCUT2D eigenvalue weighted by Gasteiger charge is 2.23. The monoisotopic (exact) mass is 522 g/mol. The number of hydrogen-bond acceptors (Lipinski definition) is 6. The molecule has 0 atom stereocenters. The van der Waals surface area contributed by atoms with Crippen molar-refractivity contribution in [2.24, 2.45) is 0 Å². The van der Waals surface area contributed by atoms with E-state index >= 15 is 4.39 Å². The molecule has 8 nitrogen and oxygen atoms in total. The van der Waals surface area contributed by atoms with Crippen LogP contribution in [-0.4, -0.2) is 48.0 Å². The molecule has 0 radical (unpaired) electrons. The molecule has 2 heterocycles. The van der Waals surface area contributed by atoms with Gasteiger partial charge in [-0.05, 0) is 48.5 Å². The Morgan fingerprint density at radius 3 is 2.57 bits per heavy atom. The Kier molecular flexibility index (Phi) is 6.93. The van der Waals surface area contributed by atoms with Gasteiger partial charge in [0.1, 0.15) is 11.6 Å². The summed E-state index contributed by atoms with van der Waals surface area (Å²) in [6.45, 7) is 3.24. The van der Waals surface area contributed by atoms with Crippen molar-refractivity contribution >= 4 is 51.6 Å². The van der Waals surface area contributed by atoms with Crippen molar-refractivity contribution in [3.05, 3.63) is 88.6 Å². The minimum Gasteiger partial charge on any atom is -0.353 e. The van der Waals surface area contributed by atoms with Crippen LogP contribution in [0.2, 0.25) is 5.02 Å². The Morgan fingerprint density at radius 1 is 0.973 bits per heavy atom. The number of carbonyl (C=O) groups is 2. The normalized spacial score (nSPS) is 13.4. The van der Waals surface area contributed by atoms with Gasteiger partial charge >= 0.3 is 6.03 Å². The van der Waals surface area contributed by atoms with Crippen molar-refractivity contribution in [3.63, 3.8) is 0 Å². The van der Waals surface area contributed by atoms with E-state index in [1.54, 1.807) is 18.3 Å². The summed E-state index contributed by atoms with van der Waals surface area (Å²) in [5.74, 6) is -1.51. The zero-order valence-corrected chi connectivity index (χ0v) is 20.1. The number of hydrogen-bond donors (Lipinski definition) is 3. The molecule has 37 heavy (non-hydrogen) atoms. The van der Waals surface area contributed by atoms with Gasteiger partial charge in [-0.1, -0.05) is 17.7 Å². The minimum atomic E-state index is -0.993. The summed E-state index contributed by atoms with van der Waals surface area (Å²) < 4.78 is 28.8. The van der Waals surface area contributed by atoms with Crippen LogP contribution in [0.25, 0.3) is 11.0 Å². The number of nitrogens with one attached hydrogen (secondary N) is 3. The van der Waals surface area contributed by atoms with Gasteiger partial charge in [-0.25, -0.2) is 18.6 Å². The molecule has 0 unspecified atom stereocenters. The Morgan fingerprint density at radius 2 is 1.78 bits per heavy atom. The number of halogens is 3. The number of benzene rings is 3. The number of nitrogens with zero attached hydrogens (tertiary/aromatic N) is 3.